The molecule has 0 unspecified atom stereocenters. The van der Waals surface area contributed by atoms with Gasteiger partial charge in [-0.2, -0.15) is 0 Å². The Hall–Kier alpha value is -2.62. The van der Waals surface area contributed by atoms with Crippen LogP contribution in [0.25, 0.3) is 0 Å². The summed E-state index contributed by atoms with van der Waals surface area (Å²) in [6.07, 6.45) is 0. The van der Waals surface area contributed by atoms with Crippen LogP contribution in [-0.2, 0) is 0 Å². The van der Waals surface area contributed by atoms with Crippen LogP contribution in [0.3, 0.4) is 0 Å². The Kier molecular flexibility index (Phi) is 5.31. The fraction of sp³-hybridized carbons (Fsp3) is 0.222. The number of para-hydroxylation sites is 2. The molecule has 4 nitrogen and oxygen atoms in total. The number of nitrogens with zero attached hydrogens (tertiary/aromatic N) is 2. The summed E-state index contributed by atoms with van der Waals surface area (Å²) in [4.78, 5) is 8.75. The van der Waals surface area contributed by atoms with Gasteiger partial charge in [-0.25, -0.2) is 0 Å². The second-order valence-corrected chi connectivity index (χ2v) is 4.93. The highest BCUT2D eigenvalue weighted by molar-refractivity contribution is 6.01. The van der Waals surface area contributed by atoms with Gasteiger partial charge in [0.2, 0.25) is 0 Å². The molecular weight excluding hydrogens is 276 g/mol. The Balaban J connectivity index is 1.99. The molecule has 2 rings (SSSR count). The van der Waals surface area contributed by atoms with Crippen LogP contribution in [0.1, 0.15) is 25.0 Å². The van der Waals surface area contributed by atoms with Gasteiger partial charge >= 0.3 is 0 Å². The van der Waals surface area contributed by atoms with Crippen molar-refractivity contribution in [2.24, 2.45) is 9.98 Å². The maximum absolute atomic E-state index is 11.7. The van der Waals surface area contributed by atoms with E-state index in [9.17, 15) is 10.2 Å². The molecule has 0 atom stereocenters. The van der Waals surface area contributed by atoms with Crippen molar-refractivity contribution in [3.63, 3.8) is 0 Å². The molecule has 0 fully saturated rings. The molecule has 0 saturated heterocycles. The smallest absolute Gasteiger partial charge is 0.0588 e. The summed E-state index contributed by atoms with van der Waals surface area (Å²) in [7, 11) is 0. The SMILES string of the molecule is CC(=NCCN=C(C)c1ccccc1[O-])c1ccccc1[O-]. The molecule has 0 N–H and O–H groups in total. The summed E-state index contributed by atoms with van der Waals surface area (Å²) in [5.41, 5.74) is 2.66. The molecule has 0 bridgehead atoms. The Labute approximate surface area is 130 Å². The van der Waals surface area contributed by atoms with Crippen LogP contribution in [0.15, 0.2) is 58.5 Å². The second kappa shape index (κ2) is 7.41. The van der Waals surface area contributed by atoms with Crippen LogP contribution in [-0.4, -0.2) is 24.5 Å². The van der Waals surface area contributed by atoms with Gasteiger partial charge in [0.15, 0.2) is 0 Å². The Morgan fingerprint density at radius 2 is 1.09 bits per heavy atom. The van der Waals surface area contributed by atoms with Crippen LogP contribution in [0.2, 0.25) is 0 Å². The summed E-state index contributed by atoms with van der Waals surface area (Å²) in [6, 6.07) is 13.7. The zero-order chi connectivity index (χ0) is 15.9. The van der Waals surface area contributed by atoms with E-state index < -0.39 is 0 Å². The van der Waals surface area contributed by atoms with Crippen LogP contribution in [0.5, 0.6) is 11.5 Å². The first-order chi connectivity index (χ1) is 10.6. The van der Waals surface area contributed by atoms with Crippen molar-refractivity contribution in [2.45, 2.75) is 13.8 Å². The monoisotopic (exact) mass is 294 g/mol. The molecular formula is C18H18N2O2-2. The molecule has 0 amide bonds. The standard InChI is InChI=1S/C18H20N2O2/c1-13(15-7-3-5-9-17(15)21)19-11-12-20-14(2)16-8-4-6-10-18(16)22/h3-10,21-22H,11-12H2,1-2H3/p-2. The lowest BCUT2D eigenvalue weighted by molar-refractivity contribution is -0.269. The Morgan fingerprint density at radius 3 is 1.45 bits per heavy atom. The van der Waals surface area contributed by atoms with Gasteiger partial charge in [0, 0.05) is 11.4 Å². The van der Waals surface area contributed by atoms with Crippen molar-refractivity contribution in [1.29, 1.82) is 0 Å². The maximum atomic E-state index is 11.7. The third-order valence-corrected chi connectivity index (χ3v) is 3.35. The van der Waals surface area contributed by atoms with Crippen LogP contribution in [0, 0.1) is 0 Å². The van der Waals surface area contributed by atoms with E-state index in [0.29, 0.717) is 35.6 Å². The van der Waals surface area contributed by atoms with Gasteiger partial charge < -0.3 is 10.2 Å². The number of hydrogen-bond acceptors (Lipinski definition) is 4. The third kappa shape index (κ3) is 3.95. The quantitative estimate of drug-likeness (QED) is 0.626. The fourth-order valence-electron chi connectivity index (χ4n) is 2.14. The average molecular weight is 294 g/mol. The molecule has 114 valence electrons. The molecule has 22 heavy (non-hydrogen) atoms. The fourth-order valence-corrected chi connectivity index (χ4v) is 2.14. The van der Waals surface area contributed by atoms with E-state index in [-0.39, 0.29) is 11.5 Å². The van der Waals surface area contributed by atoms with E-state index in [2.05, 4.69) is 9.98 Å². The zero-order valence-corrected chi connectivity index (χ0v) is 12.7. The van der Waals surface area contributed by atoms with Crippen molar-refractivity contribution in [2.75, 3.05) is 13.1 Å². The first kappa shape index (κ1) is 15.8. The molecule has 0 spiro atoms. The summed E-state index contributed by atoms with van der Waals surface area (Å²) in [5, 5.41) is 23.4. The normalized spacial score (nSPS) is 12.5. The first-order valence-electron chi connectivity index (χ1n) is 7.14. The number of rotatable bonds is 5. The molecule has 0 radical (unpaired) electrons. The largest absolute Gasteiger partial charge is 0.872 e. The highest BCUT2D eigenvalue weighted by Gasteiger charge is 1.98. The van der Waals surface area contributed by atoms with Gasteiger partial charge in [0.1, 0.15) is 0 Å². The second-order valence-electron chi connectivity index (χ2n) is 4.93. The summed E-state index contributed by atoms with van der Waals surface area (Å²) < 4.78 is 0. The van der Waals surface area contributed by atoms with E-state index in [1.807, 2.05) is 26.0 Å². The minimum Gasteiger partial charge on any atom is -0.872 e. The topological polar surface area (TPSA) is 70.8 Å². The lowest BCUT2D eigenvalue weighted by Gasteiger charge is -2.13. The van der Waals surface area contributed by atoms with Crippen molar-refractivity contribution in [3.8, 4) is 11.5 Å². The summed E-state index contributed by atoms with van der Waals surface area (Å²) >= 11 is 0. The van der Waals surface area contributed by atoms with E-state index in [0.717, 1.165) is 0 Å². The van der Waals surface area contributed by atoms with Crippen molar-refractivity contribution < 1.29 is 10.2 Å². The Bertz CT molecular complexity index is 644. The van der Waals surface area contributed by atoms with Crippen molar-refractivity contribution in [1.82, 2.24) is 0 Å². The lowest BCUT2D eigenvalue weighted by atomic mass is 10.1. The number of hydrogen-bond donors (Lipinski definition) is 0. The highest BCUT2D eigenvalue weighted by Crippen LogP contribution is 2.14. The Morgan fingerprint density at radius 1 is 0.727 bits per heavy atom. The van der Waals surface area contributed by atoms with E-state index in [4.69, 9.17) is 0 Å². The molecule has 4 heteroatoms. The van der Waals surface area contributed by atoms with Gasteiger partial charge in [-0.15, -0.1) is 0 Å². The first-order valence-corrected chi connectivity index (χ1v) is 7.14. The van der Waals surface area contributed by atoms with Gasteiger partial charge in [-0.05, 0) is 25.0 Å². The average Bonchev–Trinajstić information content (AvgIpc) is 2.52. The van der Waals surface area contributed by atoms with Gasteiger partial charge in [0.05, 0.1) is 13.1 Å². The van der Waals surface area contributed by atoms with E-state index in [1.165, 1.54) is 12.1 Å². The minimum absolute atomic E-state index is 0.0243. The molecule has 2 aromatic rings. The number of aliphatic imine (C=N–C) groups is 2. The minimum atomic E-state index is -0.0243. The number of benzene rings is 2. The zero-order valence-electron chi connectivity index (χ0n) is 12.7. The predicted molar refractivity (Wildman–Crippen MR) is 85.9 cm³/mol. The van der Waals surface area contributed by atoms with Crippen LogP contribution < -0.4 is 10.2 Å². The molecule has 0 heterocycles. The molecule has 0 aliphatic carbocycles. The summed E-state index contributed by atoms with van der Waals surface area (Å²) in [5.74, 6) is -0.0487. The van der Waals surface area contributed by atoms with Crippen LogP contribution >= 0.6 is 0 Å². The maximum Gasteiger partial charge on any atom is 0.0588 e. The van der Waals surface area contributed by atoms with E-state index in [1.54, 1.807) is 24.3 Å². The van der Waals surface area contributed by atoms with Gasteiger partial charge in [0.25, 0.3) is 0 Å². The molecule has 0 aliphatic heterocycles. The summed E-state index contributed by atoms with van der Waals surface area (Å²) in [6.45, 7) is 4.61. The van der Waals surface area contributed by atoms with Crippen molar-refractivity contribution in [3.05, 3.63) is 59.7 Å². The molecule has 0 aromatic heterocycles. The predicted octanol–water partition coefficient (Wildman–Crippen LogP) is 2.15. The third-order valence-electron chi connectivity index (χ3n) is 3.35. The van der Waals surface area contributed by atoms with E-state index >= 15 is 0 Å². The lowest BCUT2D eigenvalue weighted by Crippen LogP contribution is -2.05. The van der Waals surface area contributed by atoms with Gasteiger partial charge in [-0.3, -0.25) is 9.98 Å². The highest BCUT2D eigenvalue weighted by atomic mass is 16.3. The van der Waals surface area contributed by atoms with Crippen LogP contribution in [0.4, 0.5) is 0 Å². The van der Waals surface area contributed by atoms with Gasteiger partial charge in [-0.1, -0.05) is 60.0 Å². The van der Waals surface area contributed by atoms with Crippen molar-refractivity contribution >= 4 is 11.4 Å². The molecule has 2 aromatic carbocycles. The molecule has 0 aliphatic rings. The molecule has 0 saturated carbocycles.